The van der Waals surface area contributed by atoms with Crippen LogP contribution in [-0.2, 0) is 14.3 Å². The molecule has 1 amide bonds. The van der Waals surface area contributed by atoms with Gasteiger partial charge in [-0.1, -0.05) is 6.58 Å². The van der Waals surface area contributed by atoms with E-state index in [0.717, 1.165) is 0 Å². The Hall–Kier alpha value is -0.870. The van der Waals surface area contributed by atoms with Crippen LogP contribution >= 0.6 is 0 Å². The Labute approximate surface area is 78.9 Å². The maximum absolute atomic E-state index is 10.6. The Balaban J connectivity index is 2.99. The van der Waals surface area contributed by atoms with Crippen LogP contribution in [0.25, 0.3) is 0 Å². The first-order valence-corrected chi connectivity index (χ1v) is 4.37. The molecule has 0 aromatic carbocycles. The quantitative estimate of drug-likeness (QED) is 0.440. The summed E-state index contributed by atoms with van der Waals surface area (Å²) >= 11 is 0. The number of carbonyl (C=O) groups excluding carboxylic acids is 1. The molecule has 0 rings (SSSR count). The fourth-order valence-corrected chi connectivity index (χ4v) is 0.683. The topological polar surface area (TPSA) is 47.6 Å². The third kappa shape index (κ3) is 9.04. The van der Waals surface area contributed by atoms with Crippen molar-refractivity contribution >= 4 is 5.91 Å². The summed E-state index contributed by atoms with van der Waals surface area (Å²) in [6, 6.07) is 0. The van der Waals surface area contributed by atoms with Gasteiger partial charge in [0.1, 0.15) is 0 Å². The van der Waals surface area contributed by atoms with Gasteiger partial charge >= 0.3 is 0 Å². The first-order valence-electron chi connectivity index (χ1n) is 4.37. The third-order valence-electron chi connectivity index (χ3n) is 1.31. The van der Waals surface area contributed by atoms with Gasteiger partial charge in [0.05, 0.1) is 19.8 Å². The van der Waals surface area contributed by atoms with Gasteiger partial charge in [-0.2, -0.15) is 0 Å². The molecule has 1 N–H and O–H groups in total. The molecule has 0 unspecified atom stereocenters. The molecule has 0 fully saturated rings. The van der Waals surface area contributed by atoms with Crippen LogP contribution in [-0.4, -0.2) is 38.9 Å². The van der Waals surface area contributed by atoms with E-state index in [1.54, 1.807) is 0 Å². The largest absolute Gasteiger partial charge is 0.379 e. The second-order valence-corrected chi connectivity index (χ2v) is 2.30. The van der Waals surface area contributed by atoms with Crippen LogP contribution in [0.4, 0.5) is 0 Å². The fraction of sp³-hybridized carbons (Fsp3) is 0.667. The highest BCUT2D eigenvalue weighted by Crippen LogP contribution is 1.77. The number of amides is 1. The number of carbonyl (C=O) groups is 1. The van der Waals surface area contributed by atoms with Crippen molar-refractivity contribution < 1.29 is 14.3 Å². The molecule has 76 valence electrons. The zero-order chi connectivity index (χ0) is 9.94. The van der Waals surface area contributed by atoms with Gasteiger partial charge in [0, 0.05) is 13.2 Å². The van der Waals surface area contributed by atoms with Gasteiger partial charge in [0.2, 0.25) is 5.91 Å². The van der Waals surface area contributed by atoms with Crippen molar-refractivity contribution in [2.45, 2.75) is 6.92 Å². The molecule has 0 aliphatic carbocycles. The maximum atomic E-state index is 10.6. The molecule has 0 saturated carbocycles. The monoisotopic (exact) mass is 187 g/mol. The minimum Gasteiger partial charge on any atom is -0.379 e. The SMILES string of the molecule is C=CC(=O)NCCOCCOCC. The lowest BCUT2D eigenvalue weighted by Crippen LogP contribution is -2.25. The van der Waals surface area contributed by atoms with Crippen LogP contribution in [0.2, 0.25) is 0 Å². The molecular weight excluding hydrogens is 170 g/mol. The van der Waals surface area contributed by atoms with Crippen LogP contribution in [0.15, 0.2) is 12.7 Å². The van der Waals surface area contributed by atoms with Crippen molar-refractivity contribution in [3.8, 4) is 0 Å². The standard InChI is InChI=1S/C9H17NO3/c1-3-9(11)10-5-6-13-8-7-12-4-2/h3H,1,4-8H2,2H3,(H,10,11). The highest BCUT2D eigenvalue weighted by molar-refractivity contribution is 5.86. The number of rotatable bonds is 8. The van der Waals surface area contributed by atoms with Crippen LogP contribution in [0, 0.1) is 0 Å². The van der Waals surface area contributed by atoms with E-state index in [4.69, 9.17) is 9.47 Å². The van der Waals surface area contributed by atoms with E-state index in [2.05, 4.69) is 11.9 Å². The molecule has 0 aliphatic rings. The summed E-state index contributed by atoms with van der Waals surface area (Å²) < 4.78 is 10.2. The number of hydrogen-bond donors (Lipinski definition) is 1. The first-order chi connectivity index (χ1) is 6.31. The lowest BCUT2D eigenvalue weighted by Gasteiger charge is -2.04. The number of hydrogen-bond acceptors (Lipinski definition) is 3. The van der Waals surface area contributed by atoms with Crippen LogP contribution in [0.3, 0.4) is 0 Å². The molecule has 0 aromatic heterocycles. The zero-order valence-corrected chi connectivity index (χ0v) is 8.04. The normalized spacial score (nSPS) is 9.62. The van der Waals surface area contributed by atoms with Crippen molar-refractivity contribution in [2.24, 2.45) is 0 Å². The van der Waals surface area contributed by atoms with Gasteiger partial charge in [0.15, 0.2) is 0 Å². The van der Waals surface area contributed by atoms with Gasteiger partial charge < -0.3 is 14.8 Å². The Bertz CT molecular complexity index is 148. The van der Waals surface area contributed by atoms with E-state index in [0.29, 0.717) is 33.0 Å². The molecule has 0 radical (unpaired) electrons. The van der Waals surface area contributed by atoms with Gasteiger partial charge in [-0.25, -0.2) is 0 Å². The molecule has 0 atom stereocenters. The van der Waals surface area contributed by atoms with Crippen molar-refractivity contribution in [2.75, 3.05) is 33.0 Å². The predicted octanol–water partition coefficient (Wildman–Crippen LogP) is 0.342. The summed E-state index contributed by atoms with van der Waals surface area (Å²) in [6.07, 6.45) is 1.24. The van der Waals surface area contributed by atoms with Crippen LogP contribution < -0.4 is 5.32 Å². The van der Waals surface area contributed by atoms with Crippen molar-refractivity contribution in [1.29, 1.82) is 0 Å². The molecule has 0 saturated heterocycles. The van der Waals surface area contributed by atoms with E-state index in [9.17, 15) is 4.79 Å². The molecule has 0 aliphatic heterocycles. The fourth-order valence-electron chi connectivity index (χ4n) is 0.683. The highest BCUT2D eigenvalue weighted by Gasteiger charge is 1.92. The Morgan fingerprint density at radius 2 is 2.08 bits per heavy atom. The highest BCUT2D eigenvalue weighted by atomic mass is 16.5. The van der Waals surface area contributed by atoms with Crippen LogP contribution in [0.5, 0.6) is 0 Å². The number of ether oxygens (including phenoxy) is 2. The molecule has 0 aromatic rings. The molecule has 0 spiro atoms. The van der Waals surface area contributed by atoms with Crippen molar-refractivity contribution in [3.05, 3.63) is 12.7 Å². The average Bonchev–Trinajstić information content (AvgIpc) is 2.16. The summed E-state index contributed by atoms with van der Waals surface area (Å²) in [7, 11) is 0. The first kappa shape index (κ1) is 12.1. The smallest absolute Gasteiger partial charge is 0.243 e. The van der Waals surface area contributed by atoms with Crippen molar-refractivity contribution in [1.82, 2.24) is 5.32 Å². The van der Waals surface area contributed by atoms with Gasteiger partial charge in [-0.05, 0) is 13.0 Å². The van der Waals surface area contributed by atoms with E-state index in [1.807, 2.05) is 6.92 Å². The molecule has 13 heavy (non-hydrogen) atoms. The lowest BCUT2D eigenvalue weighted by atomic mass is 10.5. The molecule has 4 heteroatoms. The maximum Gasteiger partial charge on any atom is 0.243 e. The second-order valence-electron chi connectivity index (χ2n) is 2.30. The summed E-state index contributed by atoms with van der Waals surface area (Å²) in [6.45, 7) is 8.15. The van der Waals surface area contributed by atoms with E-state index in [1.165, 1.54) is 6.08 Å². The van der Waals surface area contributed by atoms with Gasteiger partial charge in [0.25, 0.3) is 0 Å². The van der Waals surface area contributed by atoms with E-state index in [-0.39, 0.29) is 5.91 Å². The van der Waals surface area contributed by atoms with Gasteiger partial charge in [-0.15, -0.1) is 0 Å². The summed E-state index contributed by atoms with van der Waals surface area (Å²) in [5, 5.41) is 2.60. The summed E-state index contributed by atoms with van der Waals surface area (Å²) in [5.41, 5.74) is 0. The average molecular weight is 187 g/mol. The van der Waals surface area contributed by atoms with Crippen LogP contribution in [0.1, 0.15) is 6.92 Å². The molecule has 0 heterocycles. The van der Waals surface area contributed by atoms with Gasteiger partial charge in [-0.3, -0.25) is 4.79 Å². The minimum atomic E-state index is -0.173. The minimum absolute atomic E-state index is 0.173. The molecular formula is C9H17NO3. The lowest BCUT2D eigenvalue weighted by molar-refractivity contribution is -0.116. The summed E-state index contributed by atoms with van der Waals surface area (Å²) in [5.74, 6) is -0.173. The Kier molecular flexibility index (Phi) is 8.60. The molecule has 4 nitrogen and oxygen atoms in total. The zero-order valence-electron chi connectivity index (χ0n) is 8.04. The summed E-state index contributed by atoms with van der Waals surface area (Å²) in [4.78, 5) is 10.6. The second kappa shape index (κ2) is 9.22. The van der Waals surface area contributed by atoms with E-state index < -0.39 is 0 Å². The Morgan fingerprint density at radius 1 is 1.38 bits per heavy atom. The van der Waals surface area contributed by atoms with E-state index >= 15 is 0 Å². The molecule has 0 bridgehead atoms. The number of nitrogens with one attached hydrogen (secondary N) is 1. The predicted molar refractivity (Wildman–Crippen MR) is 50.5 cm³/mol. The van der Waals surface area contributed by atoms with Crippen molar-refractivity contribution in [3.63, 3.8) is 0 Å². The third-order valence-corrected chi connectivity index (χ3v) is 1.31. The Morgan fingerprint density at radius 3 is 2.69 bits per heavy atom.